The fourth-order valence-corrected chi connectivity index (χ4v) is 10.7. The molecule has 0 saturated heterocycles. The van der Waals surface area contributed by atoms with E-state index >= 15 is 0 Å². The van der Waals surface area contributed by atoms with Crippen molar-refractivity contribution in [2.45, 2.75) is 328 Å². The summed E-state index contributed by atoms with van der Waals surface area (Å²) < 4.78 is 30.4. The Kier molecular flexibility index (Phi) is 60.1. The molecule has 482 valence electrons. The predicted molar refractivity (Wildman–Crippen MR) is 358 cm³/mol. The zero-order valence-corrected chi connectivity index (χ0v) is 56.0. The summed E-state index contributed by atoms with van der Waals surface area (Å²) >= 11 is 0. The number of phosphoric acid groups is 1. The minimum absolute atomic E-state index is 0.0299. The lowest BCUT2D eigenvalue weighted by Gasteiger charge is -2.30. The lowest BCUT2D eigenvalue weighted by atomic mass is 10.0. The molecule has 0 aromatic rings. The van der Waals surface area contributed by atoms with Gasteiger partial charge in [0, 0.05) is 12.8 Å². The molecule has 10 heteroatoms. The number of hydrogen-bond donors (Lipinski definition) is 1. The number of allylic oxidation sites excluding steroid dienone is 13. The number of esters is 1. The number of quaternary nitrogens is 1. The van der Waals surface area contributed by atoms with E-state index in [0.717, 1.165) is 89.9 Å². The fourth-order valence-electron chi connectivity index (χ4n) is 9.96. The van der Waals surface area contributed by atoms with Gasteiger partial charge in [0.15, 0.2) is 0 Å². The number of likely N-dealkylation sites (N-methyl/N-ethyl adjacent to an activating group) is 1. The van der Waals surface area contributed by atoms with Gasteiger partial charge in [0.2, 0.25) is 5.91 Å². The minimum atomic E-state index is -4.71. The highest BCUT2D eigenvalue weighted by Gasteiger charge is 2.27. The first-order chi connectivity index (χ1) is 40.4. The molecule has 83 heavy (non-hydrogen) atoms. The molecule has 0 aliphatic carbocycles. The zero-order chi connectivity index (χ0) is 60.7. The van der Waals surface area contributed by atoms with Crippen molar-refractivity contribution in [2.24, 2.45) is 0 Å². The number of unbranched alkanes of at least 4 members (excludes halogenated alkanes) is 35. The number of rotatable bonds is 63. The average molecular weight is 1180 g/mol. The summed E-state index contributed by atoms with van der Waals surface area (Å²) in [6.07, 6.45) is 82.9. The number of nitrogens with zero attached hydrogens (tertiary/aromatic N) is 1. The second-order valence-electron chi connectivity index (χ2n) is 24.6. The molecule has 0 fully saturated rings. The van der Waals surface area contributed by atoms with Crippen LogP contribution < -0.4 is 10.2 Å². The van der Waals surface area contributed by atoms with E-state index in [-0.39, 0.29) is 24.9 Å². The number of nitrogens with one attached hydrogen (secondary N) is 1. The molecule has 1 N–H and O–H groups in total. The van der Waals surface area contributed by atoms with Crippen LogP contribution in [0.3, 0.4) is 0 Å². The monoisotopic (exact) mass is 1180 g/mol. The maximum Gasteiger partial charge on any atom is 0.306 e. The summed E-state index contributed by atoms with van der Waals surface area (Å²) in [6, 6.07) is -0.905. The number of amides is 1. The smallest absolute Gasteiger partial charge is 0.306 e. The van der Waals surface area contributed by atoms with Crippen molar-refractivity contribution in [3.63, 3.8) is 0 Å². The summed E-state index contributed by atoms with van der Waals surface area (Å²) in [5.74, 6) is -0.573. The van der Waals surface area contributed by atoms with Gasteiger partial charge < -0.3 is 28.5 Å². The number of carbonyl (C=O) groups is 2. The molecule has 0 rings (SSSR count). The van der Waals surface area contributed by atoms with Gasteiger partial charge in [-0.05, 0) is 102 Å². The van der Waals surface area contributed by atoms with Gasteiger partial charge in [-0.1, -0.05) is 286 Å². The van der Waals surface area contributed by atoms with Crippen molar-refractivity contribution in [3.8, 4) is 0 Å². The third kappa shape index (κ3) is 63.5. The topological polar surface area (TPSA) is 114 Å². The van der Waals surface area contributed by atoms with Crippen molar-refractivity contribution in [1.82, 2.24) is 5.32 Å². The molecule has 0 saturated carbocycles. The molecule has 9 nitrogen and oxygen atoms in total. The highest BCUT2D eigenvalue weighted by atomic mass is 31.2. The second-order valence-corrected chi connectivity index (χ2v) is 26.1. The number of hydrogen-bond acceptors (Lipinski definition) is 7. The summed E-state index contributed by atoms with van der Waals surface area (Å²) in [6.45, 7) is 6.72. The minimum Gasteiger partial charge on any atom is -0.756 e. The van der Waals surface area contributed by atoms with Crippen molar-refractivity contribution < 1.29 is 37.3 Å². The number of carbonyl (C=O) groups excluding carboxylic acids is 2. The Balaban J connectivity index is 5.03. The van der Waals surface area contributed by atoms with Crippen LogP contribution in [-0.4, -0.2) is 69.4 Å². The third-order valence-corrected chi connectivity index (χ3v) is 16.3. The van der Waals surface area contributed by atoms with Crippen LogP contribution in [0.1, 0.15) is 316 Å². The normalized spacial score (nSPS) is 14.1. The van der Waals surface area contributed by atoms with Gasteiger partial charge in [0.25, 0.3) is 7.82 Å². The molecule has 3 unspecified atom stereocenters. The van der Waals surface area contributed by atoms with E-state index in [1.165, 1.54) is 186 Å². The van der Waals surface area contributed by atoms with Crippen molar-refractivity contribution in [3.05, 3.63) is 85.1 Å². The van der Waals surface area contributed by atoms with Crippen molar-refractivity contribution >= 4 is 19.7 Å². The van der Waals surface area contributed by atoms with E-state index in [1.807, 2.05) is 33.3 Å². The predicted octanol–water partition coefficient (Wildman–Crippen LogP) is 21.5. The molecule has 0 radical (unpaired) electrons. The Labute approximate surface area is 514 Å². The molecule has 0 aliphatic heterocycles. The summed E-state index contributed by atoms with van der Waals surface area (Å²) in [4.78, 5) is 40.1. The Morgan fingerprint density at radius 3 is 1.18 bits per heavy atom. The van der Waals surface area contributed by atoms with Crippen LogP contribution in [0.4, 0.5) is 0 Å². The lowest BCUT2D eigenvalue weighted by Crippen LogP contribution is -2.47. The van der Waals surface area contributed by atoms with Gasteiger partial charge in [0.05, 0.1) is 33.8 Å². The van der Waals surface area contributed by atoms with E-state index in [1.54, 1.807) is 0 Å². The van der Waals surface area contributed by atoms with Crippen LogP contribution >= 0.6 is 7.82 Å². The molecule has 3 atom stereocenters. The van der Waals surface area contributed by atoms with E-state index in [9.17, 15) is 19.0 Å². The molecule has 0 aliphatic rings. The van der Waals surface area contributed by atoms with E-state index < -0.39 is 26.6 Å². The van der Waals surface area contributed by atoms with Gasteiger partial charge in [-0.3, -0.25) is 14.2 Å². The lowest BCUT2D eigenvalue weighted by molar-refractivity contribution is -0.870. The average Bonchev–Trinajstić information content (AvgIpc) is 3.51. The van der Waals surface area contributed by atoms with E-state index in [4.69, 9.17) is 13.8 Å². The standard InChI is InChI=1S/C73H133N2O7P/c1-7-10-13-16-19-22-25-27-29-31-33-34-35-36-37-38-39-40-42-43-45-47-50-53-56-59-62-65-72(76)74-70(69-81-83(78,79)80-68-67-75(4,5)6)71(64-61-58-55-52-49-24-21-18-15-12-9-3)82-73(77)66-63-60-57-54-51-48-46-44-41-32-30-28-26-23-20-17-14-11-8-2/h11,14,20,23,27-30,41,44,48,51,61,64,70-71H,7-10,12-13,15-19,21-22,24-26,31-40,42-43,45-47,49-50,52-60,62-63,65-69H2,1-6H3,(H-,74,76,78,79)/b14-11-,23-20-,29-27+,30-28-,44-41-,51-48-,64-61-. The first-order valence-corrected chi connectivity index (χ1v) is 36.4. The third-order valence-electron chi connectivity index (χ3n) is 15.3. The van der Waals surface area contributed by atoms with Crippen LogP contribution in [0.15, 0.2) is 85.1 Å². The Bertz CT molecular complexity index is 1700. The van der Waals surface area contributed by atoms with E-state index in [0.29, 0.717) is 23.9 Å². The van der Waals surface area contributed by atoms with Crippen LogP contribution in [0.5, 0.6) is 0 Å². The maximum absolute atomic E-state index is 13.6. The van der Waals surface area contributed by atoms with E-state index in [2.05, 4.69) is 99.0 Å². The molecule has 0 aromatic heterocycles. The summed E-state index contributed by atoms with van der Waals surface area (Å²) in [5, 5.41) is 3.03. The highest BCUT2D eigenvalue weighted by molar-refractivity contribution is 7.45. The van der Waals surface area contributed by atoms with Crippen LogP contribution in [0, 0.1) is 0 Å². The largest absolute Gasteiger partial charge is 0.756 e. The quantitative estimate of drug-likeness (QED) is 0.0212. The summed E-state index contributed by atoms with van der Waals surface area (Å²) in [7, 11) is 1.17. The van der Waals surface area contributed by atoms with Crippen molar-refractivity contribution in [1.29, 1.82) is 0 Å². The first kappa shape index (κ1) is 80.2. The molecule has 0 heterocycles. The molecular weight excluding hydrogens is 1050 g/mol. The van der Waals surface area contributed by atoms with Gasteiger partial charge in [-0.15, -0.1) is 0 Å². The molecular formula is C73H133N2O7P. The molecule has 1 amide bonds. The summed E-state index contributed by atoms with van der Waals surface area (Å²) in [5.41, 5.74) is 0. The van der Waals surface area contributed by atoms with Crippen LogP contribution in [-0.2, 0) is 27.9 Å². The first-order valence-electron chi connectivity index (χ1n) is 34.9. The van der Waals surface area contributed by atoms with Gasteiger partial charge in [-0.2, -0.15) is 0 Å². The number of phosphoric ester groups is 1. The Morgan fingerprint density at radius 1 is 0.434 bits per heavy atom. The van der Waals surface area contributed by atoms with Gasteiger partial charge in [0.1, 0.15) is 19.3 Å². The molecule has 0 aromatic carbocycles. The molecule has 0 spiro atoms. The highest BCUT2D eigenvalue weighted by Crippen LogP contribution is 2.38. The van der Waals surface area contributed by atoms with Gasteiger partial charge in [-0.25, -0.2) is 0 Å². The van der Waals surface area contributed by atoms with Crippen LogP contribution in [0.25, 0.3) is 0 Å². The second kappa shape index (κ2) is 62.2. The van der Waals surface area contributed by atoms with Gasteiger partial charge >= 0.3 is 5.97 Å². The Hall–Kier alpha value is -2.81. The molecule has 0 bridgehead atoms. The Morgan fingerprint density at radius 2 is 0.771 bits per heavy atom. The van der Waals surface area contributed by atoms with Crippen LogP contribution in [0.2, 0.25) is 0 Å². The van der Waals surface area contributed by atoms with Crippen molar-refractivity contribution in [2.75, 3.05) is 40.9 Å². The SMILES string of the molecule is CC/C=C\C/C=C\C/C=C\C/C=C\C/C=C\CCCCCC(=O)OC(/C=C\CCCCCCCCCCC)C(COP(=O)([O-])OCC[N+](C)(C)C)NC(=O)CCCCCCCCCCCCCCCCCCC/C=C/CCCCCCCC. The maximum atomic E-state index is 13.6. The zero-order valence-electron chi connectivity index (χ0n) is 55.1. The fraction of sp³-hybridized carbons (Fsp3) is 0.781. The number of ether oxygens (including phenoxy) is 1.